The average molecular weight is 532 g/mol. The lowest BCUT2D eigenvalue weighted by Crippen LogP contribution is -2.43. The highest BCUT2D eigenvalue weighted by molar-refractivity contribution is 6.03. The van der Waals surface area contributed by atoms with Crippen LogP contribution in [0.15, 0.2) is 36.7 Å². The van der Waals surface area contributed by atoms with Crippen molar-refractivity contribution >= 4 is 17.8 Å². The van der Waals surface area contributed by atoms with Gasteiger partial charge in [0.05, 0.1) is 18.8 Å². The summed E-state index contributed by atoms with van der Waals surface area (Å²) in [6.45, 7) is 7.59. The SMILES string of the molecule is CC(C)(C)OC(=O)N1CCC2(CC(n3nc(-c4cnn(Cc5cccc(C6CC6)c5)c4)c(C(N)=O)c3N)C2)C1. The number of rotatable bonds is 6. The first kappa shape index (κ1) is 25.5. The number of nitrogens with two attached hydrogens (primary N) is 2. The summed E-state index contributed by atoms with van der Waals surface area (Å²) in [4.78, 5) is 26.8. The van der Waals surface area contributed by atoms with E-state index in [0.29, 0.717) is 36.8 Å². The lowest BCUT2D eigenvalue weighted by Gasteiger charge is -2.45. The second-order valence-electron chi connectivity index (χ2n) is 12.6. The van der Waals surface area contributed by atoms with Crippen LogP contribution in [0.5, 0.6) is 0 Å². The molecule has 1 aromatic carbocycles. The molecule has 3 heterocycles. The van der Waals surface area contributed by atoms with E-state index in [9.17, 15) is 9.59 Å². The van der Waals surface area contributed by atoms with E-state index in [1.165, 1.54) is 24.0 Å². The lowest BCUT2D eigenvalue weighted by molar-refractivity contribution is 0.0187. The number of nitrogen functional groups attached to an aromatic ring is 1. The molecule has 1 saturated heterocycles. The predicted octanol–water partition coefficient (Wildman–Crippen LogP) is 4.32. The average Bonchev–Trinajstić information content (AvgIpc) is 3.26. The maximum Gasteiger partial charge on any atom is 0.410 e. The molecule has 0 radical (unpaired) electrons. The molecule has 1 aliphatic heterocycles. The van der Waals surface area contributed by atoms with E-state index in [1.807, 2.05) is 31.6 Å². The molecule has 1 spiro atoms. The van der Waals surface area contributed by atoms with Crippen LogP contribution in [-0.2, 0) is 11.3 Å². The van der Waals surface area contributed by atoms with Gasteiger partial charge in [-0.15, -0.1) is 0 Å². The molecule has 2 saturated carbocycles. The molecule has 10 heteroatoms. The predicted molar refractivity (Wildman–Crippen MR) is 147 cm³/mol. The van der Waals surface area contributed by atoms with Crippen LogP contribution >= 0.6 is 0 Å². The Hall–Kier alpha value is -3.82. The first-order valence-corrected chi connectivity index (χ1v) is 13.8. The van der Waals surface area contributed by atoms with Crippen molar-refractivity contribution in [2.24, 2.45) is 11.1 Å². The minimum atomic E-state index is -0.607. The number of anilines is 1. The number of hydrogen-bond acceptors (Lipinski definition) is 6. The minimum absolute atomic E-state index is 0.0207. The van der Waals surface area contributed by atoms with Gasteiger partial charge in [0.2, 0.25) is 0 Å². The van der Waals surface area contributed by atoms with Gasteiger partial charge in [0, 0.05) is 24.8 Å². The first-order chi connectivity index (χ1) is 18.5. The summed E-state index contributed by atoms with van der Waals surface area (Å²) in [6.07, 6.45) is 8.42. The number of benzene rings is 1. The molecule has 206 valence electrons. The molecule has 39 heavy (non-hydrogen) atoms. The van der Waals surface area contributed by atoms with Crippen molar-refractivity contribution in [3.63, 3.8) is 0 Å². The van der Waals surface area contributed by atoms with E-state index in [-0.39, 0.29) is 28.9 Å². The summed E-state index contributed by atoms with van der Waals surface area (Å²) in [6, 6.07) is 8.68. The summed E-state index contributed by atoms with van der Waals surface area (Å²) in [5, 5.41) is 9.31. The highest BCUT2D eigenvalue weighted by Gasteiger charge is 2.51. The molecule has 2 amide bonds. The fourth-order valence-corrected chi connectivity index (χ4v) is 6.16. The van der Waals surface area contributed by atoms with Gasteiger partial charge in [-0.1, -0.05) is 24.3 Å². The number of amides is 2. The molecule has 3 aromatic rings. The molecule has 4 N–H and O–H groups in total. The van der Waals surface area contributed by atoms with Gasteiger partial charge in [0.15, 0.2) is 0 Å². The van der Waals surface area contributed by atoms with Crippen molar-refractivity contribution in [2.45, 2.75) is 77.0 Å². The van der Waals surface area contributed by atoms with Crippen molar-refractivity contribution in [1.82, 2.24) is 24.5 Å². The number of primary amides is 1. The van der Waals surface area contributed by atoms with Crippen molar-refractivity contribution in [1.29, 1.82) is 0 Å². The molecule has 2 aliphatic carbocycles. The second-order valence-corrected chi connectivity index (χ2v) is 12.6. The molecule has 0 atom stereocenters. The Bertz CT molecular complexity index is 1420. The number of nitrogens with zero attached hydrogens (tertiary/aromatic N) is 5. The highest BCUT2D eigenvalue weighted by atomic mass is 16.6. The zero-order valence-corrected chi connectivity index (χ0v) is 22.9. The molecular weight excluding hydrogens is 494 g/mol. The third-order valence-corrected chi connectivity index (χ3v) is 8.22. The molecule has 0 unspecified atom stereocenters. The smallest absolute Gasteiger partial charge is 0.410 e. The quantitative estimate of drug-likeness (QED) is 0.487. The van der Waals surface area contributed by atoms with Gasteiger partial charge in [-0.05, 0) is 75.3 Å². The monoisotopic (exact) mass is 531 g/mol. The molecular formula is C29H37N7O3. The Morgan fingerprint density at radius 3 is 2.67 bits per heavy atom. The molecule has 10 nitrogen and oxygen atoms in total. The standard InChI is InChI=1S/C29H37N7O3/c1-28(2,3)39-27(38)34-10-9-29(17-34)12-22(13-29)36-25(30)23(26(31)37)24(33-36)21-14-32-35(16-21)15-18-5-4-6-20(11-18)19-7-8-19/h4-6,11,14,16,19,22H,7-10,12-13,15,17,30H2,1-3H3,(H2,31,37). The first-order valence-electron chi connectivity index (χ1n) is 13.8. The summed E-state index contributed by atoms with van der Waals surface area (Å²) in [5.41, 5.74) is 15.7. The molecule has 3 fully saturated rings. The van der Waals surface area contributed by atoms with E-state index in [2.05, 4.69) is 29.4 Å². The summed E-state index contributed by atoms with van der Waals surface area (Å²) < 4.78 is 9.15. The number of aromatic nitrogens is 4. The fraction of sp³-hybridized carbons (Fsp3) is 0.517. The van der Waals surface area contributed by atoms with Gasteiger partial charge in [0.1, 0.15) is 22.7 Å². The van der Waals surface area contributed by atoms with E-state index >= 15 is 0 Å². The van der Waals surface area contributed by atoms with Gasteiger partial charge in [-0.3, -0.25) is 9.48 Å². The Labute approximate surface area is 228 Å². The largest absolute Gasteiger partial charge is 0.444 e. The van der Waals surface area contributed by atoms with Gasteiger partial charge in [0.25, 0.3) is 5.91 Å². The Morgan fingerprint density at radius 1 is 1.21 bits per heavy atom. The fourth-order valence-electron chi connectivity index (χ4n) is 6.16. The molecule has 2 aromatic heterocycles. The van der Waals surface area contributed by atoms with Crippen LogP contribution in [0, 0.1) is 5.41 Å². The summed E-state index contributed by atoms with van der Waals surface area (Å²) >= 11 is 0. The Morgan fingerprint density at radius 2 is 1.97 bits per heavy atom. The van der Waals surface area contributed by atoms with Crippen molar-refractivity contribution in [3.05, 3.63) is 53.3 Å². The van der Waals surface area contributed by atoms with Crippen molar-refractivity contribution in [3.8, 4) is 11.3 Å². The van der Waals surface area contributed by atoms with E-state index in [4.69, 9.17) is 21.3 Å². The highest BCUT2D eigenvalue weighted by Crippen LogP contribution is 2.55. The maximum absolute atomic E-state index is 12.5. The van der Waals surface area contributed by atoms with Crippen LogP contribution in [0.4, 0.5) is 10.6 Å². The molecule has 0 bridgehead atoms. The van der Waals surface area contributed by atoms with Gasteiger partial charge >= 0.3 is 6.09 Å². The Kier molecular flexibility index (Phi) is 5.96. The molecule has 3 aliphatic rings. The minimum Gasteiger partial charge on any atom is -0.444 e. The normalized spacial score (nSPS) is 22.7. The number of carbonyl (C=O) groups is 2. The van der Waals surface area contributed by atoms with E-state index in [1.54, 1.807) is 15.8 Å². The van der Waals surface area contributed by atoms with Gasteiger partial charge in [-0.2, -0.15) is 10.2 Å². The second kappa shape index (κ2) is 9.14. The number of ether oxygens (including phenoxy) is 1. The number of hydrogen-bond donors (Lipinski definition) is 2. The maximum atomic E-state index is 12.5. The Balaban J connectivity index is 1.17. The topological polar surface area (TPSA) is 134 Å². The van der Waals surface area contributed by atoms with Gasteiger partial charge in [-0.25, -0.2) is 9.48 Å². The van der Waals surface area contributed by atoms with Crippen molar-refractivity contribution in [2.75, 3.05) is 18.8 Å². The lowest BCUT2D eigenvalue weighted by atomic mass is 9.65. The van der Waals surface area contributed by atoms with Crippen molar-refractivity contribution < 1.29 is 14.3 Å². The zero-order chi connectivity index (χ0) is 27.5. The number of likely N-dealkylation sites (tertiary alicyclic amines) is 1. The zero-order valence-electron chi connectivity index (χ0n) is 22.9. The van der Waals surface area contributed by atoms with Gasteiger partial charge < -0.3 is 21.1 Å². The third kappa shape index (κ3) is 4.99. The van der Waals surface area contributed by atoms with E-state index < -0.39 is 11.5 Å². The summed E-state index contributed by atoms with van der Waals surface area (Å²) in [7, 11) is 0. The van der Waals surface area contributed by atoms with Crippen LogP contribution in [-0.4, -0.2) is 55.2 Å². The van der Waals surface area contributed by atoms with Crippen LogP contribution in [0.1, 0.15) is 86.3 Å². The van der Waals surface area contributed by atoms with Crippen LogP contribution in [0.25, 0.3) is 11.3 Å². The van der Waals surface area contributed by atoms with Crippen LogP contribution < -0.4 is 11.5 Å². The third-order valence-electron chi connectivity index (χ3n) is 8.22. The van der Waals surface area contributed by atoms with Crippen LogP contribution in [0.2, 0.25) is 0 Å². The van der Waals surface area contributed by atoms with Crippen LogP contribution in [0.3, 0.4) is 0 Å². The van der Waals surface area contributed by atoms with E-state index in [0.717, 1.165) is 19.3 Å². The molecule has 6 rings (SSSR count). The number of carbonyl (C=O) groups excluding carboxylic acids is 2. The summed E-state index contributed by atoms with van der Waals surface area (Å²) in [5.74, 6) is 0.368.